The summed E-state index contributed by atoms with van der Waals surface area (Å²) in [4.78, 5) is 13.1. The molecular formula is C22H36O3. The van der Waals surface area contributed by atoms with Gasteiger partial charge in [0.15, 0.2) is 0 Å². The maximum atomic E-state index is 13.1. The number of esters is 1. The molecule has 0 aromatic rings. The summed E-state index contributed by atoms with van der Waals surface area (Å²) in [5.41, 5.74) is -0.131. The van der Waals surface area contributed by atoms with Gasteiger partial charge in [-0.1, -0.05) is 39.5 Å². The minimum absolute atomic E-state index is 0.0170. The second-order valence-electron chi connectivity index (χ2n) is 9.54. The molecule has 1 heterocycles. The smallest absolute Gasteiger partial charge is 0.312 e. The summed E-state index contributed by atoms with van der Waals surface area (Å²) in [6, 6.07) is 0. The Balaban J connectivity index is 1.30. The minimum Gasteiger partial charge on any atom is -0.459 e. The van der Waals surface area contributed by atoms with Crippen molar-refractivity contribution < 1.29 is 14.3 Å². The van der Waals surface area contributed by atoms with Crippen LogP contribution in [0, 0.1) is 23.2 Å². The van der Waals surface area contributed by atoms with E-state index in [-0.39, 0.29) is 23.6 Å². The molecule has 142 valence electrons. The fourth-order valence-corrected chi connectivity index (χ4v) is 6.49. The third-order valence-corrected chi connectivity index (χ3v) is 7.46. The summed E-state index contributed by atoms with van der Waals surface area (Å²) >= 11 is 0. The van der Waals surface area contributed by atoms with Gasteiger partial charge in [0, 0.05) is 0 Å². The molecule has 3 atom stereocenters. The summed E-state index contributed by atoms with van der Waals surface area (Å²) < 4.78 is 12.0. The van der Waals surface area contributed by atoms with Gasteiger partial charge < -0.3 is 9.47 Å². The number of carbonyl (C=O) groups is 1. The number of hydrogen-bond acceptors (Lipinski definition) is 3. The van der Waals surface area contributed by atoms with Gasteiger partial charge in [-0.3, -0.25) is 4.79 Å². The molecule has 1 saturated heterocycles. The van der Waals surface area contributed by atoms with Crippen molar-refractivity contribution >= 4 is 5.97 Å². The van der Waals surface area contributed by atoms with E-state index in [0.29, 0.717) is 6.10 Å². The van der Waals surface area contributed by atoms with Crippen LogP contribution in [0.2, 0.25) is 0 Å². The van der Waals surface area contributed by atoms with Crippen LogP contribution in [0.3, 0.4) is 0 Å². The normalized spacial score (nSPS) is 42.4. The van der Waals surface area contributed by atoms with Gasteiger partial charge in [0.2, 0.25) is 0 Å². The summed E-state index contributed by atoms with van der Waals surface area (Å²) in [6.07, 6.45) is 15.0. The summed E-state index contributed by atoms with van der Waals surface area (Å²) in [5, 5.41) is 0. The predicted octanol–water partition coefficient (Wildman–Crippen LogP) is 5.26. The molecule has 3 unspecified atom stereocenters. The first-order chi connectivity index (χ1) is 12.1. The van der Waals surface area contributed by atoms with Crippen LogP contribution in [0.4, 0.5) is 0 Å². The Morgan fingerprint density at radius 1 is 1.04 bits per heavy atom. The molecule has 4 aliphatic carbocycles. The molecule has 5 rings (SSSR count). The van der Waals surface area contributed by atoms with Crippen molar-refractivity contribution in [1.29, 1.82) is 0 Å². The molecule has 0 spiro atoms. The van der Waals surface area contributed by atoms with Crippen molar-refractivity contribution in [1.82, 2.24) is 0 Å². The molecule has 0 amide bonds. The van der Waals surface area contributed by atoms with E-state index < -0.39 is 0 Å². The van der Waals surface area contributed by atoms with Gasteiger partial charge in [0.1, 0.15) is 12.2 Å². The SMILES string of the molecule is CCCCCCC1OC1C(CC)OC(=O)C12CC3CC(CC(C3)C1)C2. The van der Waals surface area contributed by atoms with Crippen molar-refractivity contribution in [2.45, 2.75) is 109 Å². The van der Waals surface area contributed by atoms with E-state index in [2.05, 4.69) is 13.8 Å². The summed E-state index contributed by atoms with van der Waals surface area (Å²) in [6.45, 7) is 4.38. The van der Waals surface area contributed by atoms with Gasteiger partial charge in [-0.05, 0) is 69.1 Å². The van der Waals surface area contributed by atoms with Gasteiger partial charge in [-0.25, -0.2) is 0 Å². The average Bonchev–Trinajstić information content (AvgIpc) is 3.34. The van der Waals surface area contributed by atoms with Gasteiger partial charge in [-0.2, -0.15) is 0 Å². The van der Waals surface area contributed by atoms with Crippen LogP contribution in [0.1, 0.15) is 90.9 Å². The molecule has 5 aliphatic rings. The Hall–Kier alpha value is -0.570. The number of rotatable bonds is 9. The molecule has 0 aromatic carbocycles. The second kappa shape index (κ2) is 7.21. The molecule has 3 nitrogen and oxygen atoms in total. The zero-order valence-corrected chi connectivity index (χ0v) is 16.2. The number of carbonyl (C=O) groups excluding carboxylic acids is 1. The van der Waals surface area contributed by atoms with Crippen LogP contribution in [0.5, 0.6) is 0 Å². The maximum absolute atomic E-state index is 13.1. The largest absolute Gasteiger partial charge is 0.459 e. The molecule has 0 aromatic heterocycles. The van der Waals surface area contributed by atoms with Crippen LogP contribution in [-0.2, 0) is 14.3 Å². The van der Waals surface area contributed by atoms with Crippen LogP contribution in [-0.4, -0.2) is 24.3 Å². The van der Waals surface area contributed by atoms with E-state index in [4.69, 9.17) is 9.47 Å². The van der Waals surface area contributed by atoms with E-state index >= 15 is 0 Å². The van der Waals surface area contributed by atoms with Crippen molar-refractivity contribution in [3.63, 3.8) is 0 Å². The van der Waals surface area contributed by atoms with Crippen molar-refractivity contribution in [2.75, 3.05) is 0 Å². The monoisotopic (exact) mass is 348 g/mol. The lowest BCUT2D eigenvalue weighted by Crippen LogP contribution is -2.51. The van der Waals surface area contributed by atoms with Gasteiger partial charge in [0.05, 0.1) is 11.5 Å². The predicted molar refractivity (Wildman–Crippen MR) is 98.2 cm³/mol. The highest BCUT2D eigenvalue weighted by atomic mass is 16.6. The lowest BCUT2D eigenvalue weighted by atomic mass is 9.49. The van der Waals surface area contributed by atoms with Crippen molar-refractivity contribution in [2.24, 2.45) is 23.2 Å². The van der Waals surface area contributed by atoms with E-state index in [1.165, 1.54) is 44.9 Å². The third kappa shape index (κ3) is 3.63. The van der Waals surface area contributed by atoms with Crippen molar-refractivity contribution in [3.8, 4) is 0 Å². The fraction of sp³-hybridized carbons (Fsp3) is 0.955. The lowest BCUT2D eigenvalue weighted by molar-refractivity contribution is -0.178. The highest BCUT2D eigenvalue weighted by molar-refractivity contribution is 5.77. The standard InChI is InChI=1S/C22H36O3/c1-3-5-6-7-8-19-20(24-19)18(4-2)25-21(23)22-12-15-9-16(13-22)11-17(10-15)14-22/h15-20H,3-14H2,1-2H3. The first kappa shape index (κ1) is 17.8. The first-order valence-corrected chi connectivity index (χ1v) is 11.0. The molecule has 4 saturated carbocycles. The zero-order valence-electron chi connectivity index (χ0n) is 16.2. The number of unbranched alkanes of at least 4 members (excludes halogenated alkanes) is 3. The Labute approximate surface area is 153 Å². The number of ether oxygens (including phenoxy) is 2. The summed E-state index contributed by atoms with van der Waals surface area (Å²) in [5.74, 6) is 2.51. The van der Waals surface area contributed by atoms with Gasteiger partial charge in [-0.15, -0.1) is 0 Å². The minimum atomic E-state index is -0.131. The van der Waals surface area contributed by atoms with Gasteiger partial charge in [0.25, 0.3) is 0 Å². The number of hydrogen-bond donors (Lipinski definition) is 0. The Morgan fingerprint density at radius 2 is 1.68 bits per heavy atom. The molecule has 0 N–H and O–H groups in total. The van der Waals surface area contributed by atoms with E-state index in [1.54, 1.807) is 0 Å². The summed E-state index contributed by atoms with van der Waals surface area (Å²) in [7, 11) is 0. The molecule has 1 aliphatic heterocycles. The quantitative estimate of drug-likeness (QED) is 0.324. The van der Waals surface area contributed by atoms with E-state index in [0.717, 1.165) is 49.9 Å². The first-order valence-electron chi connectivity index (χ1n) is 11.0. The molecule has 25 heavy (non-hydrogen) atoms. The van der Waals surface area contributed by atoms with Crippen LogP contribution in [0.25, 0.3) is 0 Å². The highest BCUT2D eigenvalue weighted by Crippen LogP contribution is 2.60. The Morgan fingerprint density at radius 3 is 2.24 bits per heavy atom. The molecule has 5 fully saturated rings. The van der Waals surface area contributed by atoms with Crippen LogP contribution in [0.15, 0.2) is 0 Å². The molecule has 3 heteroatoms. The van der Waals surface area contributed by atoms with Crippen LogP contribution < -0.4 is 0 Å². The second-order valence-corrected chi connectivity index (χ2v) is 9.54. The fourth-order valence-electron chi connectivity index (χ4n) is 6.49. The molecular weight excluding hydrogens is 312 g/mol. The molecule has 4 bridgehead atoms. The van der Waals surface area contributed by atoms with Crippen LogP contribution >= 0.6 is 0 Å². The zero-order chi connectivity index (χ0) is 17.4. The van der Waals surface area contributed by atoms with E-state index in [1.807, 2.05) is 0 Å². The molecule has 0 radical (unpaired) electrons. The Bertz CT molecular complexity index is 450. The van der Waals surface area contributed by atoms with Crippen molar-refractivity contribution in [3.05, 3.63) is 0 Å². The highest BCUT2D eigenvalue weighted by Gasteiger charge is 2.56. The Kier molecular flexibility index (Phi) is 5.14. The van der Waals surface area contributed by atoms with Gasteiger partial charge >= 0.3 is 5.97 Å². The maximum Gasteiger partial charge on any atom is 0.312 e. The van der Waals surface area contributed by atoms with E-state index in [9.17, 15) is 4.79 Å². The third-order valence-electron chi connectivity index (χ3n) is 7.46. The topological polar surface area (TPSA) is 38.8 Å². The average molecular weight is 349 g/mol. The number of epoxide rings is 1. The lowest BCUT2D eigenvalue weighted by Gasteiger charge is -2.55.